The van der Waals surface area contributed by atoms with E-state index in [1.807, 2.05) is 6.07 Å². The second-order valence-electron chi connectivity index (χ2n) is 5.50. The number of para-hydroxylation sites is 1. The minimum absolute atomic E-state index is 0. The summed E-state index contributed by atoms with van der Waals surface area (Å²) < 4.78 is 58.9. The van der Waals surface area contributed by atoms with Gasteiger partial charge < -0.3 is 10.5 Å². The smallest absolute Gasteiger partial charge is 0.417 e. The summed E-state index contributed by atoms with van der Waals surface area (Å²) in [6.07, 6.45) is -3.46. The summed E-state index contributed by atoms with van der Waals surface area (Å²) in [5.74, 6) is -0.516. The molecule has 0 saturated heterocycles. The Morgan fingerprint density at radius 1 is 1.12 bits per heavy atom. The fourth-order valence-electron chi connectivity index (χ4n) is 2.83. The van der Waals surface area contributed by atoms with Gasteiger partial charge in [0.1, 0.15) is 17.7 Å². The number of halogens is 4. The van der Waals surface area contributed by atoms with Crippen LogP contribution in [0.3, 0.4) is 0 Å². The molecule has 1 atom stereocenters. The number of nitrogens with two attached hydrogens (primary N) is 1. The molecule has 2 N–H and O–H groups in total. The molecule has 0 fully saturated rings. The van der Waals surface area contributed by atoms with Crippen molar-refractivity contribution in [3.05, 3.63) is 53.3 Å². The Kier molecular flexibility index (Phi) is 5.18. The van der Waals surface area contributed by atoms with Gasteiger partial charge in [-0.1, -0.05) is 31.7 Å². The Labute approximate surface area is 138 Å². The largest absolute Gasteiger partial charge is 0.488 e. The number of benzene rings is 2. The van der Waals surface area contributed by atoms with Gasteiger partial charge in [-0.25, -0.2) is 4.39 Å². The molecule has 1 aliphatic heterocycles. The molecule has 0 unspecified atom stereocenters. The molecular formula is C18H19F4NO. The van der Waals surface area contributed by atoms with Crippen LogP contribution in [0, 0.1) is 5.82 Å². The van der Waals surface area contributed by atoms with Gasteiger partial charge in [-0.3, -0.25) is 0 Å². The van der Waals surface area contributed by atoms with Crippen molar-refractivity contribution < 1.29 is 22.3 Å². The van der Waals surface area contributed by atoms with E-state index in [0.29, 0.717) is 30.3 Å². The quantitative estimate of drug-likeness (QED) is 0.797. The van der Waals surface area contributed by atoms with Crippen molar-refractivity contribution in [2.45, 2.75) is 32.5 Å². The van der Waals surface area contributed by atoms with Crippen LogP contribution >= 0.6 is 0 Å². The second kappa shape index (κ2) is 6.81. The minimum atomic E-state index is -4.65. The molecule has 0 spiro atoms. The molecular weight excluding hydrogens is 322 g/mol. The van der Waals surface area contributed by atoms with Gasteiger partial charge in [-0.05, 0) is 36.1 Å². The molecule has 24 heavy (non-hydrogen) atoms. The van der Waals surface area contributed by atoms with E-state index < -0.39 is 17.6 Å². The van der Waals surface area contributed by atoms with Crippen LogP contribution in [0.5, 0.6) is 5.75 Å². The number of fused-ring (bicyclic) bond motifs is 1. The Bertz CT molecular complexity index is 727. The van der Waals surface area contributed by atoms with Gasteiger partial charge in [0.25, 0.3) is 0 Å². The topological polar surface area (TPSA) is 35.2 Å². The molecule has 0 aliphatic carbocycles. The fraction of sp³-hybridized carbons (Fsp3) is 0.333. The highest BCUT2D eigenvalue weighted by Crippen LogP contribution is 2.43. The third-order valence-corrected chi connectivity index (χ3v) is 3.96. The van der Waals surface area contributed by atoms with Gasteiger partial charge in [0.2, 0.25) is 0 Å². The van der Waals surface area contributed by atoms with E-state index in [2.05, 4.69) is 0 Å². The molecule has 3 rings (SSSR count). The van der Waals surface area contributed by atoms with Crippen molar-refractivity contribution in [2.75, 3.05) is 6.54 Å². The lowest BCUT2D eigenvalue weighted by atomic mass is 9.93. The normalized spacial score (nSPS) is 16.8. The minimum Gasteiger partial charge on any atom is -0.488 e. The standard InChI is InChI=1S/C17H15F4NO.CH4/c18-11-5-7-13(15(8-11)17(19,20)21)14-3-1-2-10-4-6-12(9-22)23-16(10)14;/h1-3,5,7-8,12H,4,6,9,22H2;1H4/t12-;/m1./s1. The van der Waals surface area contributed by atoms with Gasteiger partial charge >= 0.3 is 6.18 Å². The van der Waals surface area contributed by atoms with E-state index >= 15 is 0 Å². The third-order valence-electron chi connectivity index (χ3n) is 3.96. The first-order chi connectivity index (χ1) is 10.9. The highest BCUT2D eigenvalue weighted by Gasteiger charge is 2.35. The summed E-state index contributed by atoms with van der Waals surface area (Å²) in [5, 5.41) is 0. The molecule has 2 aromatic carbocycles. The predicted octanol–water partition coefficient (Wildman–Crippen LogP) is 4.80. The maximum Gasteiger partial charge on any atom is 0.417 e. The zero-order valence-corrected chi connectivity index (χ0v) is 12.2. The van der Waals surface area contributed by atoms with Crippen LogP contribution < -0.4 is 10.5 Å². The van der Waals surface area contributed by atoms with Crippen LogP contribution in [0.4, 0.5) is 17.6 Å². The molecule has 1 heterocycles. The summed E-state index contributed by atoms with van der Waals surface area (Å²) >= 11 is 0. The summed E-state index contributed by atoms with van der Waals surface area (Å²) in [5.41, 5.74) is 5.66. The van der Waals surface area contributed by atoms with Crippen molar-refractivity contribution in [2.24, 2.45) is 5.73 Å². The highest BCUT2D eigenvalue weighted by molar-refractivity contribution is 5.75. The van der Waals surface area contributed by atoms with Crippen LogP contribution in [0.15, 0.2) is 36.4 Å². The number of alkyl halides is 3. The first kappa shape index (κ1) is 18.3. The molecule has 0 bridgehead atoms. The Morgan fingerprint density at radius 3 is 2.54 bits per heavy atom. The van der Waals surface area contributed by atoms with E-state index in [-0.39, 0.29) is 19.1 Å². The Balaban J connectivity index is 0.00000208. The van der Waals surface area contributed by atoms with Crippen molar-refractivity contribution >= 4 is 0 Å². The average molecular weight is 341 g/mol. The molecule has 130 valence electrons. The summed E-state index contributed by atoms with van der Waals surface area (Å²) in [7, 11) is 0. The summed E-state index contributed by atoms with van der Waals surface area (Å²) in [6.45, 7) is 0.295. The lowest BCUT2D eigenvalue weighted by molar-refractivity contribution is -0.137. The van der Waals surface area contributed by atoms with Crippen molar-refractivity contribution in [3.63, 3.8) is 0 Å². The zero-order valence-electron chi connectivity index (χ0n) is 12.2. The van der Waals surface area contributed by atoms with Crippen LogP contribution in [-0.4, -0.2) is 12.6 Å². The number of aryl methyl sites for hydroxylation is 1. The molecule has 0 saturated carbocycles. The van der Waals surface area contributed by atoms with E-state index in [4.69, 9.17) is 10.5 Å². The molecule has 2 nitrogen and oxygen atoms in total. The highest BCUT2D eigenvalue weighted by atomic mass is 19.4. The zero-order chi connectivity index (χ0) is 16.6. The number of rotatable bonds is 2. The lowest BCUT2D eigenvalue weighted by Gasteiger charge is -2.27. The first-order valence-corrected chi connectivity index (χ1v) is 7.26. The van der Waals surface area contributed by atoms with E-state index in [9.17, 15) is 17.6 Å². The lowest BCUT2D eigenvalue weighted by Crippen LogP contribution is -2.30. The van der Waals surface area contributed by atoms with Gasteiger partial charge in [0.05, 0.1) is 5.56 Å². The third kappa shape index (κ3) is 3.38. The Hall–Kier alpha value is -2.08. The maximum absolute atomic E-state index is 13.3. The van der Waals surface area contributed by atoms with Crippen molar-refractivity contribution in [1.29, 1.82) is 0 Å². The number of hydrogen-bond donors (Lipinski definition) is 1. The van der Waals surface area contributed by atoms with Gasteiger partial charge in [-0.2, -0.15) is 13.2 Å². The molecule has 0 aromatic heterocycles. The Morgan fingerprint density at radius 2 is 1.88 bits per heavy atom. The van der Waals surface area contributed by atoms with E-state index in [0.717, 1.165) is 24.1 Å². The molecule has 2 aromatic rings. The number of hydrogen-bond acceptors (Lipinski definition) is 2. The SMILES string of the molecule is C.NC[C@H]1CCc2cccc(-c3ccc(F)cc3C(F)(F)F)c2O1. The van der Waals surface area contributed by atoms with Crippen LogP contribution in [0.25, 0.3) is 11.1 Å². The number of ether oxygens (including phenoxy) is 1. The molecule has 6 heteroatoms. The summed E-state index contributed by atoms with van der Waals surface area (Å²) in [6, 6.07) is 7.74. The molecule has 0 amide bonds. The molecule has 0 radical (unpaired) electrons. The van der Waals surface area contributed by atoms with Crippen molar-refractivity contribution in [1.82, 2.24) is 0 Å². The predicted molar refractivity (Wildman–Crippen MR) is 85.4 cm³/mol. The van der Waals surface area contributed by atoms with E-state index in [1.54, 1.807) is 12.1 Å². The average Bonchev–Trinajstić information content (AvgIpc) is 2.53. The first-order valence-electron chi connectivity index (χ1n) is 7.26. The molecule has 1 aliphatic rings. The van der Waals surface area contributed by atoms with Gasteiger partial charge in [0, 0.05) is 12.1 Å². The fourth-order valence-corrected chi connectivity index (χ4v) is 2.83. The van der Waals surface area contributed by atoms with Crippen LogP contribution in [0.2, 0.25) is 0 Å². The maximum atomic E-state index is 13.3. The van der Waals surface area contributed by atoms with Gasteiger partial charge in [0.15, 0.2) is 0 Å². The van der Waals surface area contributed by atoms with Gasteiger partial charge in [-0.15, -0.1) is 0 Å². The second-order valence-corrected chi connectivity index (χ2v) is 5.50. The van der Waals surface area contributed by atoms with Crippen LogP contribution in [0.1, 0.15) is 25.0 Å². The van der Waals surface area contributed by atoms with Crippen LogP contribution in [-0.2, 0) is 12.6 Å². The summed E-state index contributed by atoms with van der Waals surface area (Å²) in [4.78, 5) is 0. The van der Waals surface area contributed by atoms with Crippen molar-refractivity contribution in [3.8, 4) is 16.9 Å². The monoisotopic (exact) mass is 341 g/mol. The van der Waals surface area contributed by atoms with E-state index in [1.165, 1.54) is 0 Å².